The van der Waals surface area contributed by atoms with Crippen LogP contribution in [0.1, 0.15) is 37.7 Å². The summed E-state index contributed by atoms with van der Waals surface area (Å²) in [5, 5.41) is 12.9. The van der Waals surface area contributed by atoms with Gasteiger partial charge in [0.1, 0.15) is 0 Å². The Morgan fingerprint density at radius 3 is 2.59 bits per heavy atom. The normalized spacial score (nSPS) is 18.7. The highest BCUT2D eigenvalue weighted by Gasteiger charge is 2.22. The van der Waals surface area contributed by atoms with Gasteiger partial charge in [0, 0.05) is 38.8 Å². The molecule has 0 unspecified atom stereocenters. The summed E-state index contributed by atoms with van der Waals surface area (Å²) >= 11 is 3.08. The van der Waals surface area contributed by atoms with Gasteiger partial charge in [0.25, 0.3) is 0 Å². The standard InChI is InChI=1S/C21H29N5OS2/c27-19(26-13-11-25(12-14-26)15-17-7-3-1-4-8-17)16-28-21-24-23-20(29-21)22-18-9-5-2-6-10-18/h1,3-4,7-8,18H,2,5-6,9-16H2,(H,22,23). The Bertz CT molecular complexity index is 770. The molecule has 4 rings (SSSR count). The molecule has 0 radical (unpaired) electrons. The van der Waals surface area contributed by atoms with Gasteiger partial charge in [-0.25, -0.2) is 0 Å². The quantitative estimate of drug-likeness (QED) is 0.674. The molecule has 1 aromatic heterocycles. The molecule has 156 valence electrons. The molecule has 0 spiro atoms. The Labute approximate surface area is 181 Å². The van der Waals surface area contributed by atoms with Crippen molar-refractivity contribution in [2.45, 2.75) is 49.0 Å². The topological polar surface area (TPSA) is 61.4 Å². The fourth-order valence-corrected chi connectivity index (χ4v) is 5.69. The second-order valence-corrected chi connectivity index (χ2v) is 9.98. The molecule has 6 nitrogen and oxygen atoms in total. The molecule has 1 saturated heterocycles. The van der Waals surface area contributed by atoms with Gasteiger partial charge in [-0.2, -0.15) is 0 Å². The monoisotopic (exact) mass is 431 g/mol. The molecule has 1 aliphatic carbocycles. The molecule has 2 aliphatic rings. The number of aromatic nitrogens is 2. The lowest BCUT2D eigenvalue weighted by atomic mass is 9.96. The SMILES string of the molecule is O=C(CSc1nnc(NC2CCCCC2)s1)N1CCN(Cc2ccccc2)CC1. The summed E-state index contributed by atoms with van der Waals surface area (Å²) in [6.45, 7) is 4.42. The Hall–Kier alpha value is -1.64. The molecule has 1 aliphatic heterocycles. The third kappa shape index (κ3) is 6.17. The van der Waals surface area contributed by atoms with Crippen molar-refractivity contribution < 1.29 is 4.79 Å². The first-order valence-electron chi connectivity index (χ1n) is 10.5. The molecule has 1 amide bonds. The van der Waals surface area contributed by atoms with Crippen LogP contribution in [0.25, 0.3) is 0 Å². The number of nitrogens with zero attached hydrogens (tertiary/aromatic N) is 4. The van der Waals surface area contributed by atoms with Crippen LogP contribution in [-0.4, -0.2) is 63.9 Å². The van der Waals surface area contributed by atoms with Crippen LogP contribution < -0.4 is 5.32 Å². The molecular weight excluding hydrogens is 402 g/mol. The van der Waals surface area contributed by atoms with Crippen molar-refractivity contribution in [1.29, 1.82) is 0 Å². The molecule has 1 saturated carbocycles. The summed E-state index contributed by atoms with van der Waals surface area (Å²) < 4.78 is 0.874. The van der Waals surface area contributed by atoms with E-state index in [1.807, 2.05) is 11.0 Å². The zero-order valence-corrected chi connectivity index (χ0v) is 18.4. The average Bonchev–Trinajstić information content (AvgIpc) is 3.21. The third-order valence-corrected chi connectivity index (χ3v) is 7.60. The van der Waals surface area contributed by atoms with Crippen molar-refractivity contribution in [1.82, 2.24) is 20.0 Å². The van der Waals surface area contributed by atoms with Crippen LogP contribution >= 0.6 is 23.1 Å². The maximum Gasteiger partial charge on any atom is 0.233 e. The largest absolute Gasteiger partial charge is 0.357 e. The summed E-state index contributed by atoms with van der Waals surface area (Å²) in [5.74, 6) is 0.642. The second kappa shape index (κ2) is 10.4. The Kier molecular flexibility index (Phi) is 7.40. The average molecular weight is 432 g/mol. The van der Waals surface area contributed by atoms with Gasteiger partial charge in [0.05, 0.1) is 5.75 Å². The van der Waals surface area contributed by atoms with Crippen molar-refractivity contribution in [3.63, 3.8) is 0 Å². The molecule has 2 heterocycles. The highest BCUT2D eigenvalue weighted by atomic mass is 32.2. The van der Waals surface area contributed by atoms with Gasteiger partial charge in [-0.1, -0.05) is 72.7 Å². The molecule has 2 fully saturated rings. The number of thioether (sulfide) groups is 1. The van der Waals surface area contributed by atoms with Gasteiger partial charge in [-0.15, -0.1) is 10.2 Å². The van der Waals surface area contributed by atoms with Crippen LogP contribution in [0.5, 0.6) is 0 Å². The van der Waals surface area contributed by atoms with Crippen LogP contribution in [0.2, 0.25) is 0 Å². The summed E-state index contributed by atoms with van der Waals surface area (Å²) in [7, 11) is 0. The fraction of sp³-hybridized carbons (Fsp3) is 0.571. The highest BCUT2D eigenvalue weighted by molar-refractivity contribution is 8.01. The molecule has 1 aromatic carbocycles. The van der Waals surface area contributed by atoms with Crippen LogP contribution in [-0.2, 0) is 11.3 Å². The van der Waals surface area contributed by atoms with Gasteiger partial charge in [-0.05, 0) is 18.4 Å². The smallest absolute Gasteiger partial charge is 0.233 e. The minimum atomic E-state index is 0.200. The first-order valence-corrected chi connectivity index (χ1v) is 12.3. The number of piperazine rings is 1. The zero-order chi connectivity index (χ0) is 19.9. The van der Waals surface area contributed by atoms with E-state index in [0.29, 0.717) is 11.8 Å². The van der Waals surface area contributed by atoms with E-state index in [4.69, 9.17) is 0 Å². The van der Waals surface area contributed by atoms with Crippen molar-refractivity contribution in [2.24, 2.45) is 0 Å². The van der Waals surface area contributed by atoms with Crippen molar-refractivity contribution in [2.75, 3.05) is 37.2 Å². The number of carbonyl (C=O) groups excluding carboxylic acids is 1. The van der Waals surface area contributed by atoms with Crippen LogP contribution in [0.3, 0.4) is 0 Å². The van der Waals surface area contributed by atoms with E-state index in [1.54, 1.807) is 11.3 Å². The summed E-state index contributed by atoms with van der Waals surface area (Å²) in [6, 6.07) is 11.1. The lowest BCUT2D eigenvalue weighted by Gasteiger charge is -2.34. The first-order chi connectivity index (χ1) is 14.3. The van der Waals surface area contributed by atoms with E-state index in [2.05, 4.69) is 44.7 Å². The van der Waals surface area contributed by atoms with Gasteiger partial charge in [0.2, 0.25) is 11.0 Å². The number of rotatable bonds is 7. The summed E-state index contributed by atoms with van der Waals surface area (Å²) in [5.41, 5.74) is 1.33. The molecular formula is C21H29N5OS2. The van der Waals surface area contributed by atoms with Gasteiger partial charge in [0.15, 0.2) is 4.34 Å². The van der Waals surface area contributed by atoms with Crippen LogP contribution in [0, 0.1) is 0 Å². The summed E-state index contributed by atoms with van der Waals surface area (Å²) in [6.07, 6.45) is 6.38. The van der Waals surface area contributed by atoms with E-state index in [1.165, 1.54) is 49.4 Å². The maximum absolute atomic E-state index is 12.6. The van der Waals surface area contributed by atoms with Crippen molar-refractivity contribution in [3.05, 3.63) is 35.9 Å². The minimum Gasteiger partial charge on any atom is -0.357 e. The van der Waals surface area contributed by atoms with Crippen LogP contribution in [0.4, 0.5) is 5.13 Å². The van der Waals surface area contributed by atoms with Gasteiger partial charge in [-0.3, -0.25) is 9.69 Å². The number of hydrogen-bond donors (Lipinski definition) is 1. The third-order valence-electron chi connectivity index (χ3n) is 5.63. The first kappa shape index (κ1) is 20.6. The predicted molar refractivity (Wildman–Crippen MR) is 119 cm³/mol. The number of amides is 1. The van der Waals surface area contributed by atoms with E-state index < -0.39 is 0 Å². The number of carbonyl (C=O) groups is 1. The van der Waals surface area contributed by atoms with Crippen molar-refractivity contribution in [3.8, 4) is 0 Å². The summed E-state index contributed by atoms with van der Waals surface area (Å²) in [4.78, 5) is 17.0. The Balaban J connectivity index is 1.17. The van der Waals surface area contributed by atoms with E-state index >= 15 is 0 Å². The number of benzene rings is 1. The number of anilines is 1. The molecule has 2 aromatic rings. The molecule has 8 heteroatoms. The second-order valence-electron chi connectivity index (χ2n) is 7.78. The predicted octanol–water partition coefficient (Wildman–Crippen LogP) is 3.72. The van der Waals surface area contributed by atoms with E-state index in [0.717, 1.165) is 42.2 Å². The number of hydrogen-bond acceptors (Lipinski definition) is 7. The number of nitrogens with one attached hydrogen (secondary N) is 1. The molecule has 0 atom stereocenters. The Morgan fingerprint density at radius 1 is 1.07 bits per heavy atom. The van der Waals surface area contributed by atoms with E-state index in [9.17, 15) is 4.79 Å². The van der Waals surface area contributed by atoms with Gasteiger partial charge >= 0.3 is 0 Å². The maximum atomic E-state index is 12.6. The fourth-order valence-electron chi connectivity index (χ4n) is 3.96. The molecule has 0 bridgehead atoms. The molecule has 1 N–H and O–H groups in total. The van der Waals surface area contributed by atoms with Crippen LogP contribution in [0.15, 0.2) is 34.7 Å². The van der Waals surface area contributed by atoms with Gasteiger partial charge < -0.3 is 10.2 Å². The Morgan fingerprint density at radius 2 is 1.83 bits per heavy atom. The zero-order valence-electron chi connectivity index (χ0n) is 16.8. The van der Waals surface area contributed by atoms with Crippen molar-refractivity contribution >= 4 is 34.1 Å². The minimum absolute atomic E-state index is 0.200. The lowest BCUT2D eigenvalue weighted by Crippen LogP contribution is -2.48. The lowest BCUT2D eigenvalue weighted by molar-refractivity contribution is -0.130. The molecule has 29 heavy (non-hydrogen) atoms. The van der Waals surface area contributed by atoms with E-state index in [-0.39, 0.29) is 5.91 Å². The highest BCUT2D eigenvalue weighted by Crippen LogP contribution is 2.28.